The Morgan fingerprint density at radius 1 is 1.38 bits per heavy atom. The SMILES string of the molecule is Cc1ccc(OC2=C(Cl)C(O)OC2=O)cc1. The van der Waals surface area contributed by atoms with E-state index in [4.69, 9.17) is 21.4 Å². The monoisotopic (exact) mass is 240 g/mol. The number of esters is 1. The van der Waals surface area contributed by atoms with Crippen molar-refractivity contribution >= 4 is 17.6 Å². The topological polar surface area (TPSA) is 55.8 Å². The van der Waals surface area contributed by atoms with Gasteiger partial charge < -0.3 is 14.6 Å². The lowest BCUT2D eigenvalue weighted by Gasteiger charge is -2.04. The fraction of sp³-hybridized carbons (Fsp3) is 0.182. The van der Waals surface area contributed by atoms with E-state index < -0.39 is 12.3 Å². The first-order valence-corrected chi connectivity index (χ1v) is 4.99. The second-order valence-electron chi connectivity index (χ2n) is 3.35. The van der Waals surface area contributed by atoms with E-state index >= 15 is 0 Å². The van der Waals surface area contributed by atoms with E-state index in [1.165, 1.54) is 0 Å². The Morgan fingerprint density at radius 2 is 2.00 bits per heavy atom. The highest BCUT2D eigenvalue weighted by molar-refractivity contribution is 6.32. The van der Waals surface area contributed by atoms with Gasteiger partial charge in [0.05, 0.1) is 0 Å². The summed E-state index contributed by atoms with van der Waals surface area (Å²) in [5.41, 5.74) is 1.07. The summed E-state index contributed by atoms with van der Waals surface area (Å²) in [5, 5.41) is 9.01. The maximum atomic E-state index is 11.2. The molecule has 0 saturated heterocycles. The van der Waals surface area contributed by atoms with Gasteiger partial charge in [0.15, 0.2) is 0 Å². The molecule has 84 valence electrons. The van der Waals surface area contributed by atoms with Gasteiger partial charge in [0.1, 0.15) is 10.8 Å². The Balaban J connectivity index is 2.22. The van der Waals surface area contributed by atoms with Crippen LogP contribution in [-0.2, 0) is 9.53 Å². The summed E-state index contributed by atoms with van der Waals surface area (Å²) in [6, 6.07) is 7.07. The highest BCUT2D eigenvalue weighted by atomic mass is 35.5. The van der Waals surface area contributed by atoms with Crippen molar-refractivity contribution in [1.82, 2.24) is 0 Å². The minimum Gasteiger partial charge on any atom is -0.448 e. The fourth-order valence-corrected chi connectivity index (χ4v) is 1.39. The zero-order chi connectivity index (χ0) is 11.7. The molecule has 1 heterocycles. The number of aliphatic hydroxyl groups is 1. The van der Waals surface area contributed by atoms with E-state index in [1.54, 1.807) is 12.1 Å². The predicted octanol–water partition coefficient (Wildman–Crippen LogP) is 1.70. The molecular weight excluding hydrogens is 232 g/mol. The van der Waals surface area contributed by atoms with E-state index in [0.29, 0.717) is 5.75 Å². The van der Waals surface area contributed by atoms with Crippen molar-refractivity contribution in [2.45, 2.75) is 13.2 Å². The maximum absolute atomic E-state index is 11.2. The molecule has 1 aliphatic rings. The van der Waals surface area contributed by atoms with Crippen LogP contribution in [0, 0.1) is 6.92 Å². The van der Waals surface area contributed by atoms with Gasteiger partial charge in [-0.1, -0.05) is 29.3 Å². The molecule has 0 radical (unpaired) electrons. The van der Waals surface area contributed by atoms with Gasteiger partial charge in [-0.15, -0.1) is 0 Å². The lowest BCUT2D eigenvalue weighted by molar-refractivity contribution is -0.153. The first-order chi connectivity index (χ1) is 7.58. The Bertz CT molecular complexity index is 450. The van der Waals surface area contributed by atoms with Crippen LogP contribution in [0.4, 0.5) is 0 Å². The van der Waals surface area contributed by atoms with Gasteiger partial charge in [-0.3, -0.25) is 0 Å². The number of ether oxygens (including phenoxy) is 2. The van der Waals surface area contributed by atoms with Crippen molar-refractivity contribution in [3.63, 3.8) is 0 Å². The standard InChI is InChI=1S/C11H9ClO4/c1-6-2-4-7(5-3-6)15-9-8(12)10(13)16-11(9)14/h2-5,10,13H,1H3. The van der Waals surface area contributed by atoms with Gasteiger partial charge in [-0.25, -0.2) is 4.79 Å². The summed E-state index contributed by atoms with van der Waals surface area (Å²) >= 11 is 5.66. The molecule has 1 aromatic rings. The molecule has 0 bridgehead atoms. The molecule has 4 nitrogen and oxygen atoms in total. The highest BCUT2D eigenvalue weighted by Crippen LogP contribution is 2.27. The normalized spacial score (nSPS) is 19.9. The highest BCUT2D eigenvalue weighted by Gasteiger charge is 2.34. The molecule has 1 N–H and O–H groups in total. The van der Waals surface area contributed by atoms with Gasteiger partial charge in [-0.2, -0.15) is 0 Å². The third-order valence-electron chi connectivity index (χ3n) is 2.08. The van der Waals surface area contributed by atoms with Crippen LogP contribution >= 0.6 is 11.6 Å². The van der Waals surface area contributed by atoms with Crippen LogP contribution in [0.2, 0.25) is 0 Å². The number of carbonyl (C=O) groups excluding carboxylic acids is 1. The zero-order valence-electron chi connectivity index (χ0n) is 8.44. The molecule has 1 aromatic carbocycles. The Kier molecular flexibility index (Phi) is 2.85. The first-order valence-electron chi connectivity index (χ1n) is 4.61. The maximum Gasteiger partial charge on any atom is 0.378 e. The van der Waals surface area contributed by atoms with Gasteiger partial charge in [-0.05, 0) is 19.1 Å². The summed E-state index contributed by atoms with van der Waals surface area (Å²) in [6.07, 6.45) is -1.42. The number of hydrogen-bond acceptors (Lipinski definition) is 4. The second kappa shape index (κ2) is 4.15. The van der Waals surface area contributed by atoms with E-state index in [1.807, 2.05) is 19.1 Å². The van der Waals surface area contributed by atoms with Crippen molar-refractivity contribution in [3.8, 4) is 5.75 Å². The number of aliphatic hydroxyl groups excluding tert-OH is 1. The molecule has 5 heteroatoms. The third-order valence-corrected chi connectivity index (χ3v) is 2.44. The van der Waals surface area contributed by atoms with Crippen LogP contribution in [0.3, 0.4) is 0 Å². The third kappa shape index (κ3) is 2.03. The first kappa shape index (κ1) is 11.0. The van der Waals surface area contributed by atoms with Crippen LogP contribution in [0.1, 0.15) is 5.56 Å². The van der Waals surface area contributed by atoms with E-state index in [-0.39, 0.29) is 10.8 Å². The summed E-state index contributed by atoms with van der Waals surface area (Å²) < 4.78 is 9.71. The number of carbonyl (C=O) groups is 1. The molecule has 1 aliphatic heterocycles. The van der Waals surface area contributed by atoms with E-state index in [2.05, 4.69) is 4.74 Å². The van der Waals surface area contributed by atoms with Gasteiger partial charge in [0.25, 0.3) is 0 Å². The quantitative estimate of drug-likeness (QED) is 0.800. The molecule has 1 unspecified atom stereocenters. The average molecular weight is 241 g/mol. The summed E-state index contributed by atoms with van der Waals surface area (Å²) in [7, 11) is 0. The largest absolute Gasteiger partial charge is 0.448 e. The molecule has 0 amide bonds. The minimum absolute atomic E-state index is 0.134. The van der Waals surface area contributed by atoms with Gasteiger partial charge >= 0.3 is 5.97 Å². The lowest BCUT2D eigenvalue weighted by Crippen LogP contribution is -2.08. The van der Waals surface area contributed by atoms with Crippen molar-refractivity contribution in [3.05, 3.63) is 40.6 Å². The smallest absolute Gasteiger partial charge is 0.378 e. The molecule has 0 fully saturated rings. The molecule has 0 saturated carbocycles. The number of aryl methyl sites for hydroxylation is 1. The summed E-state index contributed by atoms with van der Waals surface area (Å²) in [4.78, 5) is 11.2. The van der Waals surface area contributed by atoms with Crippen LogP contribution in [-0.4, -0.2) is 17.4 Å². The number of cyclic esters (lactones) is 1. The number of benzene rings is 1. The lowest BCUT2D eigenvalue weighted by atomic mass is 10.2. The van der Waals surface area contributed by atoms with Crippen molar-refractivity contribution in [2.75, 3.05) is 0 Å². The Hall–Kier alpha value is -1.52. The molecule has 16 heavy (non-hydrogen) atoms. The zero-order valence-corrected chi connectivity index (χ0v) is 9.19. The minimum atomic E-state index is -1.42. The second-order valence-corrected chi connectivity index (χ2v) is 3.76. The molecule has 1 atom stereocenters. The number of rotatable bonds is 2. The van der Waals surface area contributed by atoms with Crippen LogP contribution in [0.5, 0.6) is 5.75 Å². The Morgan fingerprint density at radius 3 is 2.50 bits per heavy atom. The molecule has 2 rings (SSSR count). The van der Waals surface area contributed by atoms with Gasteiger partial charge in [0.2, 0.25) is 12.0 Å². The Labute approximate surface area is 97.0 Å². The van der Waals surface area contributed by atoms with Crippen molar-refractivity contribution in [1.29, 1.82) is 0 Å². The van der Waals surface area contributed by atoms with Crippen LogP contribution < -0.4 is 4.74 Å². The van der Waals surface area contributed by atoms with Crippen LogP contribution in [0.15, 0.2) is 35.1 Å². The van der Waals surface area contributed by atoms with Gasteiger partial charge in [0, 0.05) is 0 Å². The molecular formula is C11H9ClO4. The predicted molar refractivity (Wildman–Crippen MR) is 56.8 cm³/mol. The van der Waals surface area contributed by atoms with E-state index in [0.717, 1.165) is 5.56 Å². The molecule has 0 aliphatic carbocycles. The number of halogens is 1. The van der Waals surface area contributed by atoms with Crippen molar-refractivity contribution in [2.24, 2.45) is 0 Å². The number of hydrogen-bond donors (Lipinski definition) is 1. The summed E-state index contributed by atoms with van der Waals surface area (Å²) in [5.74, 6) is -0.471. The molecule has 0 aromatic heterocycles. The fourth-order valence-electron chi connectivity index (χ4n) is 1.23. The average Bonchev–Trinajstić information content (AvgIpc) is 2.48. The van der Waals surface area contributed by atoms with Crippen molar-refractivity contribution < 1.29 is 19.4 Å². The summed E-state index contributed by atoms with van der Waals surface area (Å²) in [6.45, 7) is 1.93. The molecule has 0 spiro atoms. The van der Waals surface area contributed by atoms with Crippen LogP contribution in [0.25, 0.3) is 0 Å². The van der Waals surface area contributed by atoms with E-state index in [9.17, 15) is 4.79 Å².